The molecule has 6 nitrogen and oxygen atoms in total. The van der Waals surface area contributed by atoms with Gasteiger partial charge in [-0.3, -0.25) is 4.68 Å². The number of aryl methyl sites for hydroxylation is 1. The minimum absolute atomic E-state index is 0.00896. The van der Waals surface area contributed by atoms with Crippen LogP contribution in [0.5, 0.6) is 0 Å². The molecule has 0 radical (unpaired) electrons. The molecular formula is C10H14N2O4S. The van der Waals surface area contributed by atoms with Gasteiger partial charge in [0.05, 0.1) is 23.2 Å². The van der Waals surface area contributed by atoms with Gasteiger partial charge in [-0.25, -0.2) is 13.2 Å². The molecule has 0 amide bonds. The van der Waals surface area contributed by atoms with E-state index in [-0.39, 0.29) is 23.1 Å². The van der Waals surface area contributed by atoms with Crippen LogP contribution in [0.15, 0.2) is 6.20 Å². The highest BCUT2D eigenvalue weighted by molar-refractivity contribution is 7.91. The van der Waals surface area contributed by atoms with Crippen molar-refractivity contribution < 1.29 is 18.3 Å². The van der Waals surface area contributed by atoms with E-state index < -0.39 is 15.8 Å². The number of carboxylic acid groups (broad SMARTS) is 1. The smallest absolute Gasteiger partial charge is 0.339 e. The van der Waals surface area contributed by atoms with Gasteiger partial charge in [-0.15, -0.1) is 0 Å². The van der Waals surface area contributed by atoms with E-state index in [0.717, 1.165) is 0 Å². The maximum Gasteiger partial charge on any atom is 0.339 e. The molecule has 17 heavy (non-hydrogen) atoms. The first-order valence-corrected chi connectivity index (χ1v) is 7.20. The number of carbonyl (C=O) groups is 1. The Kier molecular flexibility index (Phi) is 2.94. The quantitative estimate of drug-likeness (QED) is 0.840. The zero-order chi connectivity index (χ0) is 12.6. The first kappa shape index (κ1) is 12.1. The van der Waals surface area contributed by atoms with Crippen LogP contribution < -0.4 is 0 Å². The fourth-order valence-corrected chi connectivity index (χ4v) is 3.49. The van der Waals surface area contributed by atoms with Gasteiger partial charge < -0.3 is 5.11 Å². The summed E-state index contributed by atoms with van der Waals surface area (Å²) >= 11 is 0. The standard InChI is InChI=1S/C10H14N2O4S/c1-7-9(10(13)14)6-12(11-7)8-2-4-17(15,16)5-3-8/h6,8H,2-5H2,1H3,(H,13,14). The molecule has 0 bridgehead atoms. The molecule has 2 rings (SSSR count). The number of aromatic carboxylic acids is 1. The molecule has 1 aromatic heterocycles. The van der Waals surface area contributed by atoms with Crippen molar-refractivity contribution >= 4 is 15.8 Å². The van der Waals surface area contributed by atoms with Crippen LogP contribution in [0.4, 0.5) is 0 Å². The lowest BCUT2D eigenvalue weighted by Gasteiger charge is -2.22. The SMILES string of the molecule is Cc1nn(C2CCS(=O)(=O)CC2)cc1C(=O)O. The number of rotatable bonds is 2. The van der Waals surface area contributed by atoms with E-state index in [9.17, 15) is 13.2 Å². The van der Waals surface area contributed by atoms with Gasteiger partial charge in [0.1, 0.15) is 15.4 Å². The van der Waals surface area contributed by atoms with Crippen molar-refractivity contribution in [2.45, 2.75) is 25.8 Å². The van der Waals surface area contributed by atoms with Crippen molar-refractivity contribution in [1.29, 1.82) is 0 Å². The van der Waals surface area contributed by atoms with Crippen LogP contribution in [0, 0.1) is 6.92 Å². The second-order valence-corrected chi connectivity index (χ2v) is 6.60. The van der Waals surface area contributed by atoms with Crippen molar-refractivity contribution in [2.24, 2.45) is 0 Å². The molecule has 1 saturated heterocycles. The molecule has 0 unspecified atom stereocenters. The third-order valence-corrected chi connectivity index (χ3v) is 4.76. The average Bonchev–Trinajstić information content (AvgIpc) is 2.60. The summed E-state index contributed by atoms with van der Waals surface area (Å²) in [5.74, 6) is -0.699. The van der Waals surface area contributed by atoms with Crippen LogP contribution in [-0.2, 0) is 9.84 Å². The van der Waals surface area contributed by atoms with Crippen molar-refractivity contribution in [2.75, 3.05) is 11.5 Å². The molecule has 0 spiro atoms. The molecule has 1 aliphatic rings. The van der Waals surface area contributed by atoms with Crippen LogP contribution in [0.3, 0.4) is 0 Å². The van der Waals surface area contributed by atoms with Crippen LogP contribution in [0.25, 0.3) is 0 Å². The van der Waals surface area contributed by atoms with Crippen LogP contribution in [0.1, 0.15) is 34.9 Å². The third-order valence-electron chi connectivity index (χ3n) is 3.05. The zero-order valence-electron chi connectivity index (χ0n) is 9.46. The monoisotopic (exact) mass is 258 g/mol. The van der Waals surface area contributed by atoms with E-state index >= 15 is 0 Å². The molecule has 0 aromatic carbocycles. The van der Waals surface area contributed by atoms with Gasteiger partial charge in [0, 0.05) is 6.20 Å². The fraction of sp³-hybridized carbons (Fsp3) is 0.600. The maximum atomic E-state index is 11.3. The van der Waals surface area contributed by atoms with Crippen molar-refractivity contribution in [3.05, 3.63) is 17.5 Å². The predicted molar refractivity (Wildman–Crippen MR) is 60.8 cm³/mol. The average molecular weight is 258 g/mol. The molecule has 0 atom stereocenters. The summed E-state index contributed by atoms with van der Waals surface area (Å²) < 4.78 is 24.2. The topological polar surface area (TPSA) is 89.3 Å². The maximum absolute atomic E-state index is 11.3. The van der Waals surface area contributed by atoms with Gasteiger partial charge in [0.25, 0.3) is 0 Å². The number of carboxylic acids is 1. The predicted octanol–water partition coefficient (Wildman–Crippen LogP) is 0.639. The van der Waals surface area contributed by atoms with Crippen molar-refractivity contribution in [1.82, 2.24) is 9.78 Å². The molecule has 94 valence electrons. The fourth-order valence-electron chi connectivity index (χ4n) is 2.02. The second-order valence-electron chi connectivity index (χ2n) is 4.30. The lowest BCUT2D eigenvalue weighted by Crippen LogP contribution is -2.25. The van der Waals surface area contributed by atoms with E-state index in [0.29, 0.717) is 18.5 Å². The Hall–Kier alpha value is -1.37. The first-order chi connectivity index (χ1) is 7.89. The first-order valence-electron chi connectivity index (χ1n) is 5.38. The molecule has 0 saturated carbocycles. The number of aromatic nitrogens is 2. The van der Waals surface area contributed by atoms with E-state index in [1.807, 2.05) is 0 Å². The molecule has 2 heterocycles. The molecular weight excluding hydrogens is 244 g/mol. The minimum Gasteiger partial charge on any atom is -0.478 e. The van der Waals surface area contributed by atoms with E-state index in [1.165, 1.54) is 6.20 Å². The number of hydrogen-bond donors (Lipinski definition) is 1. The zero-order valence-corrected chi connectivity index (χ0v) is 10.3. The number of nitrogens with zero attached hydrogens (tertiary/aromatic N) is 2. The van der Waals surface area contributed by atoms with E-state index in [1.54, 1.807) is 11.6 Å². The normalized spacial score (nSPS) is 20.3. The lowest BCUT2D eigenvalue weighted by atomic mass is 10.1. The number of hydrogen-bond acceptors (Lipinski definition) is 4. The summed E-state index contributed by atoms with van der Waals surface area (Å²) in [6.07, 6.45) is 2.49. The van der Waals surface area contributed by atoms with E-state index in [4.69, 9.17) is 5.11 Å². The summed E-state index contributed by atoms with van der Waals surface area (Å²) in [7, 11) is -2.90. The number of sulfone groups is 1. The Bertz CT molecular complexity index is 533. The lowest BCUT2D eigenvalue weighted by molar-refractivity contribution is 0.0696. The van der Waals surface area contributed by atoms with Crippen molar-refractivity contribution in [3.8, 4) is 0 Å². The highest BCUT2D eigenvalue weighted by atomic mass is 32.2. The summed E-state index contributed by atoms with van der Waals surface area (Å²) in [6.45, 7) is 1.64. The Balaban J connectivity index is 2.19. The van der Waals surface area contributed by atoms with Gasteiger partial charge in [-0.1, -0.05) is 0 Å². The second kappa shape index (κ2) is 4.14. The van der Waals surface area contributed by atoms with Crippen LogP contribution >= 0.6 is 0 Å². The van der Waals surface area contributed by atoms with Gasteiger partial charge >= 0.3 is 5.97 Å². The van der Waals surface area contributed by atoms with Gasteiger partial charge in [-0.05, 0) is 19.8 Å². The Labute approximate surface area is 99.2 Å². The summed E-state index contributed by atoms with van der Waals surface area (Å²) in [5, 5.41) is 13.1. The summed E-state index contributed by atoms with van der Waals surface area (Å²) in [6, 6.07) is -0.00896. The molecule has 0 aliphatic carbocycles. The van der Waals surface area contributed by atoms with Crippen molar-refractivity contribution in [3.63, 3.8) is 0 Å². The molecule has 7 heteroatoms. The van der Waals surface area contributed by atoms with Gasteiger partial charge in [0.2, 0.25) is 0 Å². The van der Waals surface area contributed by atoms with Gasteiger partial charge in [0.15, 0.2) is 0 Å². The molecule has 1 aliphatic heterocycles. The Morgan fingerprint density at radius 3 is 2.53 bits per heavy atom. The minimum atomic E-state index is -2.90. The van der Waals surface area contributed by atoms with Crippen LogP contribution in [-0.4, -0.2) is 40.8 Å². The molecule has 1 aromatic rings. The third kappa shape index (κ3) is 2.49. The summed E-state index contributed by atoms with van der Waals surface area (Å²) in [5.41, 5.74) is 0.643. The molecule has 1 N–H and O–H groups in total. The van der Waals surface area contributed by atoms with E-state index in [2.05, 4.69) is 5.10 Å². The Morgan fingerprint density at radius 1 is 1.47 bits per heavy atom. The van der Waals surface area contributed by atoms with Gasteiger partial charge in [-0.2, -0.15) is 5.10 Å². The largest absolute Gasteiger partial charge is 0.478 e. The Morgan fingerprint density at radius 2 is 2.06 bits per heavy atom. The molecule has 1 fully saturated rings. The van der Waals surface area contributed by atoms with Crippen LogP contribution in [0.2, 0.25) is 0 Å². The highest BCUT2D eigenvalue weighted by Gasteiger charge is 2.26. The summed E-state index contributed by atoms with van der Waals surface area (Å²) in [4.78, 5) is 10.9. The highest BCUT2D eigenvalue weighted by Crippen LogP contribution is 2.24.